The molecule has 0 fully saturated rings. The van der Waals surface area contributed by atoms with E-state index < -0.39 is 0 Å². The van der Waals surface area contributed by atoms with Gasteiger partial charge in [0.15, 0.2) is 0 Å². The maximum atomic E-state index is 9.99. The van der Waals surface area contributed by atoms with Crippen molar-refractivity contribution in [3.05, 3.63) is 0 Å². The molecule has 0 aromatic carbocycles. The summed E-state index contributed by atoms with van der Waals surface area (Å²) in [6.45, 7) is 0. The standard InChI is InChI=1S/C4H8NO.BrH.Zn/c1-2-3-4(5)6;;/h1-3H2,(H2,5,6);1H;/q;;+1/p-1. The van der Waals surface area contributed by atoms with Crippen molar-refractivity contribution in [3.8, 4) is 0 Å². The number of rotatable bonds is 3. The third kappa shape index (κ3) is 9.76. The zero-order valence-corrected chi connectivity index (χ0v) is 9.25. The number of hydrogen-bond acceptors (Lipinski definition) is 1. The summed E-state index contributed by atoms with van der Waals surface area (Å²) >= 11 is 1.27. The number of carbonyl (C=O) groups is 1. The molecule has 4 heteroatoms. The van der Waals surface area contributed by atoms with Crippen LogP contribution in [0.3, 0.4) is 0 Å². The Balaban J connectivity index is 0. The topological polar surface area (TPSA) is 43.1 Å². The Morgan fingerprint density at radius 3 is 2.25 bits per heavy atom. The van der Waals surface area contributed by atoms with Crippen LogP contribution in [0.5, 0.6) is 0 Å². The fourth-order valence-corrected chi connectivity index (χ4v) is 0.824. The van der Waals surface area contributed by atoms with Crippen LogP contribution in [0.1, 0.15) is 12.8 Å². The summed E-state index contributed by atoms with van der Waals surface area (Å²) in [4.78, 5) is 9.99. The molecule has 0 spiro atoms. The molecule has 0 radical (unpaired) electrons. The van der Waals surface area contributed by atoms with Crippen LogP contribution in [0.2, 0.25) is 5.02 Å². The van der Waals surface area contributed by atoms with E-state index in [0.717, 1.165) is 6.42 Å². The fraction of sp³-hybridized carbons (Fsp3) is 0.750. The molecule has 0 bridgehead atoms. The van der Waals surface area contributed by atoms with Gasteiger partial charge in [-0.3, -0.25) is 0 Å². The Labute approximate surface area is 69.6 Å². The van der Waals surface area contributed by atoms with Crippen molar-refractivity contribution >= 4 is 5.91 Å². The van der Waals surface area contributed by atoms with E-state index in [9.17, 15) is 4.79 Å². The third-order valence-corrected chi connectivity index (χ3v) is 1.72. The largest absolute Gasteiger partial charge is 1.00 e. The van der Waals surface area contributed by atoms with Gasteiger partial charge in [-0.15, -0.1) is 0 Å². The second-order valence-corrected chi connectivity index (χ2v) is 2.91. The van der Waals surface area contributed by atoms with Gasteiger partial charge >= 0.3 is 52.6 Å². The van der Waals surface area contributed by atoms with Gasteiger partial charge in [-0.2, -0.15) is 0 Å². The summed E-state index contributed by atoms with van der Waals surface area (Å²) in [7, 11) is 0. The molecule has 0 aliphatic heterocycles. The minimum atomic E-state index is -0.173. The first-order valence-electron chi connectivity index (χ1n) is 2.35. The average molecular weight is 231 g/mol. The quantitative estimate of drug-likeness (QED) is 0.525. The van der Waals surface area contributed by atoms with Crippen molar-refractivity contribution in [2.24, 2.45) is 5.73 Å². The van der Waals surface area contributed by atoms with Gasteiger partial charge in [0.05, 0.1) is 0 Å². The molecule has 0 saturated heterocycles. The van der Waals surface area contributed by atoms with Gasteiger partial charge in [0.2, 0.25) is 0 Å². The van der Waals surface area contributed by atoms with E-state index in [-0.39, 0.29) is 22.9 Å². The zero-order chi connectivity index (χ0) is 5.70. The molecular formula is C4H8BrNOZn. The smallest absolute Gasteiger partial charge is 1.00 e. The van der Waals surface area contributed by atoms with Crippen LogP contribution in [-0.4, -0.2) is 5.91 Å². The molecule has 0 aliphatic carbocycles. The van der Waals surface area contributed by atoms with Crippen molar-refractivity contribution in [1.29, 1.82) is 0 Å². The van der Waals surface area contributed by atoms with E-state index >= 15 is 0 Å². The number of amides is 1. The van der Waals surface area contributed by atoms with Crippen LogP contribution in [-0.2, 0) is 23.1 Å². The Bertz CT molecular complexity index is 69.1. The molecule has 0 rings (SSSR count). The van der Waals surface area contributed by atoms with Crippen molar-refractivity contribution in [1.82, 2.24) is 0 Å². The molecule has 0 unspecified atom stereocenters. The third-order valence-electron chi connectivity index (χ3n) is 0.673. The maximum absolute atomic E-state index is 9.99. The van der Waals surface area contributed by atoms with Crippen molar-refractivity contribution in [2.75, 3.05) is 0 Å². The van der Waals surface area contributed by atoms with Gasteiger partial charge in [0.25, 0.3) is 0 Å². The summed E-state index contributed by atoms with van der Waals surface area (Å²) in [6.07, 6.45) is 1.55. The summed E-state index contributed by atoms with van der Waals surface area (Å²) in [5, 5.41) is 1.17. The van der Waals surface area contributed by atoms with Crippen LogP contribution in [0, 0.1) is 0 Å². The van der Waals surface area contributed by atoms with E-state index in [1.807, 2.05) is 0 Å². The zero-order valence-electron chi connectivity index (χ0n) is 4.69. The monoisotopic (exact) mass is 229 g/mol. The van der Waals surface area contributed by atoms with Crippen molar-refractivity contribution in [2.45, 2.75) is 17.9 Å². The van der Waals surface area contributed by atoms with Crippen LogP contribution < -0.4 is 22.7 Å². The summed E-state index contributed by atoms with van der Waals surface area (Å²) in [5.41, 5.74) is 4.85. The van der Waals surface area contributed by atoms with Gasteiger partial charge in [-0.1, -0.05) is 0 Å². The molecule has 0 atom stereocenters. The summed E-state index contributed by atoms with van der Waals surface area (Å²) in [6, 6.07) is 0. The molecule has 0 aliphatic rings. The van der Waals surface area contributed by atoms with Gasteiger partial charge in [0.1, 0.15) is 0 Å². The van der Waals surface area contributed by atoms with Crippen LogP contribution in [0.25, 0.3) is 0 Å². The van der Waals surface area contributed by atoms with Gasteiger partial charge in [0, 0.05) is 0 Å². The Hall–Kier alpha value is 0.573. The first-order valence-corrected chi connectivity index (χ1v) is 4.44. The number of halogens is 1. The van der Waals surface area contributed by atoms with Gasteiger partial charge in [-0.05, 0) is 0 Å². The second-order valence-electron chi connectivity index (χ2n) is 1.42. The molecule has 2 nitrogen and oxygen atoms in total. The maximum Gasteiger partial charge on any atom is -1.00 e. The van der Waals surface area contributed by atoms with Crippen LogP contribution >= 0.6 is 0 Å². The molecule has 0 heterocycles. The Morgan fingerprint density at radius 2 is 2.12 bits per heavy atom. The summed E-state index contributed by atoms with van der Waals surface area (Å²) < 4.78 is 0. The van der Waals surface area contributed by atoms with Gasteiger partial charge in [-0.25, -0.2) is 0 Å². The Morgan fingerprint density at radius 1 is 1.62 bits per heavy atom. The molecule has 2 N–H and O–H groups in total. The predicted molar refractivity (Wildman–Crippen MR) is 23.2 cm³/mol. The van der Waals surface area contributed by atoms with Crippen LogP contribution in [0.4, 0.5) is 0 Å². The number of hydrogen-bond donors (Lipinski definition) is 1. The molecule has 0 aromatic heterocycles. The van der Waals surface area contributed by atoms with E-state index in [4.69, 9.17) is 5.73 Å². The SMILES string of the molecule is NC(=O)CC[CH2][Zn+].[Br-]. The van der Waals surface area contributed by atoms with Crippen molar-refractivity contribution in [3.63, 3.8) is 0 Å². The van der Waals surface area contributed by atoms with E-state index in [1.54, 1.807) is 0 Å². The first kappa shape index (κ1) is 11.4. The van der Waals surface area contributed by atoms with E-state index in [2.05, 4.69) is 0 Å². The normalized spacial score (nSPS) is 7.75. The van der Waals surface area contributed by atoms with E-state index in [1.165, 1.54) is 23.3 Å². The average Bonchev–Trinajstić information content (AvgIpc) is 1.61. The number of carbonyl (C=O) groups excluding carboxylic acids is 1. The van der Waals surface area contributed by atoms with Crippen LogP contribution in [0.15, 0.2) is 0 Å². The molecule has 1 amide bonds. The molecular weight excluding hydrogens is 223 g/mol. The predicted octanol–water partition coefficient (Wildman–Crippen LogP) is -2.78. The number of nitrogens with two attached hydrogens (primary N) is 1. The minimum absolute atomic E-state index is 0. The molecule has 0 aromatic rings. The Kier molecular flexibility index (Phi) is 10.8. The van der Waals surface area contributed by atoms with Crippen molar-refractivity contribution < 1.29 is 40.1 Å². The van der Waals surface area contributed by atoms with Gasteiger partial charge < -0.3 is 17.0 Å². The second kappa shape index (κ2) is 7.57. The molecule has 8 heavy (non-hydrogen) atoms. The first-order chi connectivity index (χ1) is 3.27. The fourth-order valence-electron chi connectivity index (χ4n) is 0.299. The summed E-state index contributed by atoms with van der Waals surface area (Å²) in [5.74, 6) is -0.173. The minimum Gasteiger partial charge on any atom is -1.00 e. The number of primary amides is 1. The van der Waals surface area contributed by atoms with E-state index in [0.29, 0.717) is 6.42 Å². The molecule has 0 saturated carbocycles. The molecule has 44 valence electrons.